The number of halogens is 2. The Kier molecular flexibility index (Phi) is 6.48. The maximum atomic E-state index is 9.66. The maximum absolute atomic E-state index is 9.66. The topological polar surface area (TPSA) is 110 Å². The van der Waals surface area contributed by atoms with Gasteiger partial charge in [-0.3, -0.25) is 0 Å². The van der Waals surface area contributed by atoms with Crippen LogP contribution in [0.2, 0.25) is 10.0 Å². The van der Waals surface area contributed by atoms with E-state index in [1.165, 1.54) is 23.9 Å². The summed E-state index contributed by atoms with van der Waals surface area (Å²) in [4.78, 5) is 10.1. The van der Waals surface area contributed by atoms with Gasteiger partial charge in [-0.15, -0.1) is 0 Å². The lowest BCUT2D eigenvalue weighted by Crippen LogP contribution is -2.18. The summed E-state index contributed by atoms with van der Waals surface area (Å²) in [6, 6.07) is 8.62. The number of hydrogen-bond donors (Lipinski definition) is 4. The van der Waals surface area contributed by atoms with Gasteiger partial charge < -0.3 is 21.7 Å². The second-order valence-corrected chi connectivity index (χ2v) is 5.69. The third-order valence-corrected chi connectivity index (χ3v) is 3.63. The first-order chi connectivity index (χ1) is 9.79. The van der Waals surface area contributed by atoms with Crippen LogP contribution in [-0.2, 0) is 0 Å². The van der Waals surface area contributed by atoms with Gasteiger partial charge in [-0.2, -0.15) is 0 Å². The second kappa shape index (κ2) is 7.87. The van der Waals surface area contributed by atoms with Crippen LogP contribution >= 0.6 is 35.0 Å². The third-order valence-electron chi connectivity index (χ3n) is 2.06. The second-order valence-electron chi connectivity index (χ2n) is 3.73. The van der Waals surface area contributed by atoms with Gasteiger partial charge in [0, 0.05) is 10.0 Å². The van der Waals surface area contributed by atoms with E-state index >= 15 is 0 Å². The zero-order chi connectivity index (χ0) is 16.0. The fourth-order valence-corrected chi connectivity index (χ4v) is 2.69. The van der Waals surface area contributed by atoms with Crippen molar-refractivity contribution in [1.29, 1.82) is 0 Å². The Morgan fingerprint density at radius 2 is 1.24 bits per heavy atom. The van der Waals surface area contributed by atoms with E-state index in [1.54, 1.807) is 24.3 Å². The minimum atomic E-state index is -0.833. The van der Waals surface area contributed by atoms with Crippen LogP contribution < -0.4 is 11.5 Å². The van der Waals surface area contributed by atoms with Gasteiger partial charge in [0.1, 0.15) is 11.5 Å². The summed E-state index contributed by atoms with van der Waals surface area (Å²) >= 11 is 12.9. The molecule has 0 bridgehead atoms. The zero-order valence-corrected chi connectivity index (χ0v) is 12.9. The molecular weight excluding hydrogens is 335 g/mol. The Hall–Kier alpha value is -1.76. The molecule has 0 aliphatic carbocycles. The van der Waals surface area contributed by atoms with Gasteiger partial charge in [0.05, 0.1) is 9.79 Å². The van der Waals surface area contributed by atoms with E-state index in [1.807, 2.05) is 0 Å². The average molecular weight is 347 g/mol. The minimum absolute atomic E-state index is 0.110. The van der Waals surface area contributed by atoms with Crippen LogP contribution in [0.3, 0.4) is 0 Å². The van der Waals surface area contributed by atoms with E-state index in [4.69, 9.17) is 28.0 Å². The molecule has 0 unspecified atom stereocenters. The van der Waals surface area contributed by atoms with Crippen molar-refractivity contribution in [1.82, 2.24) is 0 Å². The summed E-state index contributed by atoms with van der Waals surface area (Å²) in [6.45, 7) is 0. The quantitative estimate of drug-likeness (QED) is 0.665. The molecule has 2 aromatic rings. The number of amides is 2. The van der Waals surface area contributed by atoms with Crippen molar-refractivity contribution in [2.45, 2.75) is 9.79 Å². The predicted octanol–water partition coefficient (Wildman–Crippen LogP) is 3.58. The molecule has 112 valence electrons. The molecule has 5 nitrogen and oxygen atoms in total. The van der Waals surface area contributed by atoms with E-state index in [0.717, 1.165) is 0 Å². The lowest BCUT2D eigenvalue weighted by atomic mass is 10.3. The van der Waals surface area contributed by atoms with E-state index in [2.05, 4.69) is 11.5 Å². The molecule has 0 spiro atoms. The van der Waals surface area contributed by atoms with E-state index in [0.29, 0.717) is 19.8 Å². The highest BCUT2D eigenvalue weighted by Crippen LogP contribution is 2.40. The SMILES string of the molecule is NC(N)=O.Oc1ccc(Cl)cc1Sc1cc(Cl)ccc1O. The molecule has 2 amide bonds. The van der Waals surface area contributed by atoms with Gasteiger partial charge in [-0.1, -0.05) is 35.0 Å². The first-order valence-corrected chi connectivity index (χ1v) is 7.06. The number of carbonyl (C=O) groups is 1. The summed E-state index contributed by atoms with van der Waals surface area (Å²) < 4.78 is 0. The molecule has 2 aromatic carbocycles. The smallest absolute Gasteiger partial charge is 0.309 e. The number of benzene rings is 2. The fourth-order valence-electron chi connectivity index (χ4n) is 1.26. The summed E-state index contributed by atoms with van der Waals surface area (Å²) in [5, 5.41) is 20.4. The Balaban J connectivity index is 0.000000491. The Bertz CT molecular complexity index is 600. The maximum Gasteiger partial charge on any atom is 0.309 e. The molecule has 0 aromatic heterocycles. The number of urea groups is 1. The van der Waals surface area contributed by atoms with Crippen LogP contribution in [-0.4, -0.2) is 16.2 Å². The van der Waals surface area contributed by atoms with Gasteiger partial charge >= 0.3 is 6.03 Å². The molecule has 0 heterocycles. The normalized spacial score (nSPS) is 9.62. The summed E-state index contributed by atoms with van der Waals surface area (Å²) in [5.41, 5.74) is 8.50. The zero-order valence-electron chi connectivity index (χ0n) is 10.6. The van der Waals surface area contributed by atoms with Gasteiger partial charge in [-0.25, -0.2) is 4.79 Å². The Labute approximate surface area is 135 Å². The Morgan fingerprint density at radius 1 is 0.905 bits per heavy atom. The van der Waals surface area contributed by atoms with Crippen LogP contribution in [0.1, 0.15) is 0 Å². The molecule has 0 radical (unpaired) electrons. The predicted molar refractivity (Wildman–Crippen MR) is 84.1 cm³/mol. The van der Waals surface area contributed by atoms with Crippen LogP contribution in [0.5, 0.6) is 11.5 Å². The summed E-state index contributed by atoms with van der Waals surface area (Å²) in [6.07, 6.45) is 0. The first kappa shape index (κ1) is 17.3. The number of carbonyl (C=O) groups excluding carboxylic acids is 1. The molecule has 8 heteroatoms. The van der Waals surface area contributed by atoms with Gasteiger partial charge in [0.25, 0.3) is 0 Å². The van der Waals surface area contributed by atoms with Crippen molar-refractivity contribution in [3.05, 3.63) is 46.4 Å². The number of phenols is 2. The highest BCUT2D eigenvalue weighted by Gasteiger charge is 2.08. The minimum Gasteiger partial charge on any atom is -0.507 e. The van der Waals surface area contributed by atoms with Crippen molar-refractivity contribution >= 4 is 41.0 Å². The number of primary amides is 2. The van der Waals surface area contributed by atoms with Crippen molar-refractivity contribution in [2.24, 2.45) is 11.5 Å². The molecule has 0 aliphatic heterocycles. The fraction of sp³-hybridized carbons (Fsp3) is 0. The standard InChI is InChI=1S/C12H8Cl2O2S.CH4N2O/c13-7-1-3-9(15)11(5-7)17-12-6-8(14)2-4-10(12)16;2-1(3)4/h1-6,15-16H;(H4,2,3,4). The van der Waals surface area contributed by atoms with Gasteiger partial charge in [-0.05, 0) is 36.4 Å². The van der Waals surface area contributed by atoms with E-state index in [9.17, 15) is 10.2 Å². The highest BCUT2D eigenvalue weighted by molar-refractivity contribution is 7.99. The molecule has 0 aliphatic rings. The third kappa shape index (κ3) is 6.03. The molecule has 6 N–H and O–H groups in total. The first-order valence-electron chi connectivity index (χ1n) is 5.49. The molecule has 0 atom stereocenters. The molecule has 2 rings (SSSR count). The van der Waals surface area contributed by atoms with Crippen LogP contribution in [0.4, 0.5) is 4.79 Å². The highest BCUT2D eigenvalue weighted by atomic mass is 35.5. The summed E-state index contributed by atoms with van der Waals surface area (Å²) in [5.74, 6) is 0.220. The van der Waals surface area contributed by atoms with Crippen LogP contribution in [0.25, 0.3) is 0 Å². The monoisotopic (exact) mass is 346 g/mol. The van der Waals surface area contributed by atoms with Crippen LogP contribution in [0.15, 0.2) is 46.2 Å². The summed E-state index contributed by atoms with van der Waals surface area (Å²) in [7, 11) is 0. The average Bonchev–Trinajstić information content (AvgIpc) is 2.37. The Morgan fingerprint density at radius 3 is 1.57 bits per heavy atom. The molecule has 0 saturated heterocycles. The lowest BCUT2D eigenvalue weighted by Gasteiger charge is -2.07. The number of nitrogens with two attached hydrogens (primary N) is 2. The van der Waals surface area contributed by atoms with Gasteiger partial charge in [0.15, 0.2) is 0 Å². The van der Waals surface area contributed by atoms with E-state index in [-0.39, 0.29) is 11.5 Å². The van der Waals surface area contributed by atoms with Crippen molar-refractivity contribution < 1.29 is 15.0 Å². The number of rotatable bonds is 2. The van der Waals surface area contributed by atoms with Crippen LogP contribution in [0, 0.1) is 0 Å². The number of hydrogen-bond acceptors (Lipinski definition) is 4. The van der Waals surface area contributed by atoms with Crippen molar-refractivity contribution in [3.63, 3.8) is 0 Å². The molecular formula is C13H12Cl2N2O3S. The number of phenolic OH excluding ortho intramolecular Hbond substituents is 2. The van der Waals surface area contributed by atoms with Crippen molar-refractivity contribution in [2.75, 3.05) is 0 Å². The molecule has 0 fully saturated rings. The lowest BCUT2D eigenvalue weighted by molar-refractivity contribution is 0.256. The van der Waals surface area contributed by atoms with Gasteiger partial charge in [0.2, 0.25) is 0 Å². The number of aromatic hydroxyl groups is 2. The molecule has 0 saturated carbocycles. The van der Waals surface area contributed by atoms with E-state index < -0.39 is 6.03 Å². The largest absolute Gasteiger partial charge is 0.507 e. The van der Waals surface area contributed by atoms with Crippen molar-refractivity contribution in [3.8, 4) is 11.5 Å². The molecule has 21 heavy (non-hydrogen) atoms.